The Kier molecular flexibility index (Phi) is 54.9. The average Bonchev–Trinajstić information content (AvgIpc) is 3.37. The van der Waals surface area contributed by atoms with Crippen LogP contribution in [0.3, 0.4) is 0 Å². The highest BCUT2D eigenvalue weighted by molar-refractivity contribution is 5.71. The van der Waals surface area contributed by atoms with Crippen LogP contribution in [0.25, 0.3) is 0 Å². The van der Waals surface area contributed by atoms with Gasteiger partial charge in [0.1, 0.15) is 13.2 Å². The Bertz CT molecular complexity index is 1500. The molecule has 1 unspecified atom stereocenters. The fourth-order valence-corrected chi connectivity index (χ4v) is 7.67. The second-order valence-electron chi connectivity index (χ2n) is 18.8. The molecule has 0 aromatic rings. The highest BCUT2D eigenvalue weighted by Gasteiger charge is 2.19. The van der Waals surface area contributed by atoms with Crippen LogP contribution in [-0.2, 0) is 28.6 Å². The van der Waals surface area contributed by atoms with E-state index in [0.717, 1.165) is 141 Å². The van der Waals surface area contributed by atoms with Crippen molar-refractivity contribution in [2.45, 2.75) is 258 Å². The third-order valence-electron chi connectivity index (χ3n) is 12.0. The monoisotopic (exact) mass is 983 g/mol. The molecule has 0 radical (unpaired) electrons. The Morgan fingerprint density at radius 2 is 0.549 bits per heavy atom. The standard InChI is InChI=1S/C65H106O6/c1-4-7-10-13-15-17-19-21-23-25-27-29-31-32-34-35-37-39-41-43-45-47-49-52-55-58-64(67)70-61-62(60-69-63(66)57-54-51-12-9-6-3)71-65(68)59-56-53-50-48-46-44-42-40-38-36-33-30-28-26-24-22-20-18-16-14-11-8-5-2/h7-8,10-11,15-18,21-24,27-30,32,34,36,38,62H,4-6,9,12-14,19-20,25-26,31,33,35,37,39-61H2,1-3H3/b10-7-,11-8-,17-15-,18-16-,23-21-,24-22-,29-27-,30-28-,34-32-,38-36-. The van der Waals surface area contributed by atoms with Gasteiger partial charge >= 0.3 is 17.9 Å². The molecule has 6 nitrogen and oxygen atoms in total. The van der Waals surface area contributed by atoms with Gasteiger partial charge in [0.2, 0.25) is 0 Å². The highest BCUT2D eigenvalue weighted by Crippen LogP contribution is 2.14. The zero-order chi connectivity index (χ0) is 51.4. The molecule has 0 bridgehead atoms. The van der Waals surface area contributed by atoms with E-state index in [1.54, 1.807) is 0 Å². The molecule has 0 saturated heterocycles. The maximum absolute atomic E-state index is 12.8. The maximum atomic E-state index is 12.8. The number of rotatable bonds is 51. The minimum atomic E-state index is -0.787. The fourth-order valence-electron chi connectivity index (χ4n) is 7.67. The Morgan fingerprint density at radius 1 is 0.296 bits per heavy atom. The summed E-state index contributed by atoms with van der Waals surface area (Å²) in [4.78, 5) is 37.8. The Morgan fingerprint density at radius 3 is 0.859 bits per heavy atom. The number of allylic oxidation sites excluding steroid dienone is 20. The highest BCUT2D eigenvalue weighted by atomic mass is 16.6. The summed E-state index contributed by atoms with van der Waals surface area (Å²) >= 11 is 0. The van der Waals surface area contributed by atoms with Gasteiger partial charge in [0, 0.05) is 19.3 Å². The van der Waals surface area contributed by atoms with Crippen LogP contribution in [0.4, 0.5) is 0 Å². The van der Waals surface area contributed by atoms with Crippen molar-refractivity contribution in [1.29, 1.82) is 0 Å². The summed E-state index contributed by atoms with van der Waals surface area (Å²) in [6.07, 6.45) is 80.9. The van der Waals surface area contributed by atoms with Crippen molar-refractivity contribution in [3.63, 3.8) is 0 Å². The molecule has 0 N–H and O–H groups in total. The topological polar surface area (TPSA) is 78.9 Å². The minimum Gasteiger partial charge on any atom is -0.462 e. The predicted octanol–water partition coefficient (Wildman–Crippen LogP) is 19.6. The van der Waals surface area contributed by atoms with Gasteiger partial charge in [0.25, 0.3) is 0 Å². The lowest BCUT2D eigenvalue weighted by Gasteiger charge is -2.18. The summed E-state index contributed by atoms with van der Waals surface area (Å²) in [5.74, 6) is -0.921. The average molecular weight is 984 g/mol. The Labute approximate surface area is 437 Å². The van der Waals surface area contributed by atoms with Crippen LogP contribution in [0, 0.1) is 0 Å². The molecular weight excluding hydrogens is 877 g/mol. The fraction of sp³-hybridized carbons (Fsp3) is 0.646. The molecule has 6 heteroatoms. The zero-order valence-corrected chi connectivity index (χ0v) is 45.9. The van der Waals surface area contributed by atoms with Crippen LogP contribution in [-0.4, -0.2) is 37.2 Å². The summed E-state index contributed by atoms with van der Waals surface area (Å²) in [5, 5.41) is 0. The van der Waals surface area contributed by atoms with Crippen LogP contribution in [0.5, 0.6) is 0 Å². The molecule has 0 spiro atoms. The van der Waals surface area contributed by atoms with Crippen molar-refractivity contribution in [1.82, 2.24) is 0 Å². The van der Waals surface area contributed by atoms with Gasteiger partial charge in [-0.05, 0) is 109 Å². The van der Waals surface area contributed by atoms with Crippen LogP contribution in [0.1, 0.15) is 252 Å². The smallest absolute Gasteiger partial charge is 0.306 e. The summed E-state index contributed by atoms with van der Waals surface area (Å²) in [5.41, 5.74) is 0. The normalized spacial score (nSPS) is 13.0. The van der Waals surface area contributed by atoms with Crippen LogP contribution >= 0.6 is 0 Å². The van der Waals surface area contributed by atoms with Gasteiger partial charge in [-0.2, -0.15) is 0 Å². The molecule has 0 heterocycles. The molecular formula is C65H106O6. The van der Waals surface area contributed by atoms with Crippen LogP contribution in [0.15, 0.2) is 122 Å². The first-order chi connectivity index (χ1) is 35.0. The molecule has 0 aliphatic rings. The third kappa shape index (κ3) is 56.6. The molecule has 0 aromatic carbocycles. The second kappa shape index (κ2) is 58.4. The molecule has 0 aromatic heterocycles. The zero-order valence-electron chi connectivity index (χ0n) is 45.9. The van der Waals surface area contributed by atoms with E-state index in [9.17, 15) is 14.4 Å². The second-order valence-corrected chi connectivity index (χ2v) is 18.8. The first kappa shape index (κ1) is 66.8. The van der Waals surface area contributed by atoms with Gasteiger partial charge < -0.3 is 14.2 Å². The summed E-state index contributed by atoms with van der Waals surface area (Å²) in [6.45, 7) is 6.31. The van der Waals surface area contributed by atoms with Crippen molar-refractivity contribution in [3.8, 4) is 0 Å². The number of hydrogen-bond acceptors (Lipinski definition) is 6. The molecule has 0 rings (SSSR count). The van der Waals surface area contributed by atoms with Crippen LogP contribution in [0.2, 0.25) is 0 Å². The van der Waals surface area contributed by atoms with Crippen molar-refractivity contribution in [3.05, 3.63) is 122 Å². The lowest BCUT2D eigenvalue weighted by molar-refractivity contribution is -0.167. The van der Waals surface area contributed by atoms with E-state index in [1.807, 2.05) is 0 Å². The predicted molar refractivity (Wildman–Crippen MR) is 306 cm³/mol. The van der Waals surface area contributed by atoms with E-state index >= 15 is 0 Å². The SMILES string of the molecule is CC/C=C\C/C=C\C/C=C\C/C=C\C/C=C\CCCCCCCCCCCC(=O)OCC(COC(=O)CCCCCCC)OC(=O)CCCCCCCCC/C=C\C/C=C\C/C=C\C/C=C\C/C=C\CC. The van der Waals surface area contributed by atoms with E-state index in [0.29, 0.717) is 19.3 Å². The Balaban J connectivity index is 4.16. The largest absolute Gasteiger partial charge is 0.462 e. The quantitative estimate of drug-likeness (QED) is 0.0261. The third-order valence-corrected chi connectivity index (χ3v) is 12.0. The number of hydrogen-bond donors (Lipinski definition) is 0. The van der Waals surface area contributed by atoms with Crippen molar-refractivity contribution in [2.24, 2.45) is 0 Å². The molecule has 0 aliphatic carbocycles. The summed E-state index contributed by atoms with van der Waals surface area (Å²) in [7, 11) is 0. The van der Waals surface area contributed by atoms with Crippen LogP contribution < -0.4 is 0 Å². The molecule has 0 amide bonds. The molecule has 402 valence electrons. The van der Waals surface area contributed by atoms with Crippen molar-refractivity contribution >= 4 is 17.9 Å². The maximum Gasteiger partial charge on any atom is 0.306 e. The number of ether oxygens (including phenoxy) is 3. The molecule has 1 atom stereocenters. The number of carbonyl (C=O) groups excluding carboxylic acids is 3. The molecule has 0 saturated carbocycles. The molecule has 0 fully saturated rings. The van der Waals surface area contributed by atoms with E-state index in [-0.39, 0.29) is 31.1 Å². The number of carbonyl (C=O) groups is 3. The summed E-state index contributed by atoms with van der Waals surface area (Å²) < 4.78 is 16.7. The van der Waals surface area contributed by atoms with E-state index in [1.165, 1.54) is 70.6 Å². The van der Waals surface area contributed by atoms with E-state index in [4.69, 9.17) is 14.2 Å². The lowest BCUT2D eigenvalue weighted by Crippen LogP contribution is -2.30. The van der Waals surface area contributed by atoms with Gasteiger partial charge in [-0.15, -0.1) is 0 Å². The van der Waals surface area contributed by atoms with E-state index in [2.05, 4.69) is 142 Å². The minimum absolute atomic E-state index is 0.0875. The van der Waals surface area contributed by atoms with Crippen molar-refractivity contribution < 1.29 is 28.6 Å². The van der Waals surface area contributed by atoms with Gasteiger partial charge in [-0.1, -0.05) is 245 Å². The summed E-state index contributed by atoms with van der Waals surface area (Å²) in [6, 6.07) is 0. The van der Waals surface area contributed by atoms with Gasteiger partial charge in [0.05, 0.1) is 0 Å². The number of esters is 3. The lowest BCUT2D eigenvalue weighted by atomic mass is 10.1. The first-order valence-electron chi connectivity index (χ1n) is 29.0. The van der Waals surface area contributed by atoms with Gasteiger partial charge in [0.15, 0.2) is 6.10 Å². The van der Waals surface area contributed by atoms with Gasteiger partial charge in [-0.25, -0.2) is 0 Å². The van der Waals surface area contributed by atoms with E-state index < -0.39 is 6.10 Å². The Hall–Kier alpha value is -4.19. The van der Waals surface area contributed by atoms with Crippen molar-refractivity contribution in [2.75, 3.05) is 13.2 Å². The first-order valence-corrected chi connectivity index (χ1v) is 29.0. The molecule has 0 aliphatic heterocycles. The molecule has 71 heavy (non-hydrogen) atoms. The number of unbranched alkanes of at least 4 members (excludes halogenated alkanes) is 20. The van der Waals surface area contributed by atoms with Gasteiger partial charge in [-0.3, -0.25) is 14.4 Å².